The van der Waals surface area contributed by atoms with Crippen molar-refractivity contribution in [3.8, 4) is 0 Å². The smallest absolute Gasteiger partial charge is 0.242 e. The molecule has 0 aromatic heterocycles. The van der Waals surface area contributed by atoms with Crippen molar-refractivity contribution in [1.82, 2.24) is 10.2 Å². The van der Waals surface area contributed by atoms with Crippen LogP contribution in [0, 0.1) is 0 Å². The first-order chi connectivity index (χ1) is 16.0. The molecule has 3 aromatic rings. The van der Waals surface area contributed by atoms with Gasteiger partial charge < -0.3 is 10.2 Å². The molecule has 0 heterocycles. The standard InChI is InChI=1S/C29H34N2O2/c1-22(2)26-17-14-23(15-18-26)16-19-28(32)31(21-25-12-8-5-9-13-25)27(29(33)30-3)20-24-10-6-4-7-11-24/h4-15,17-18,22,27H,16,19-21H2,1-3H3,(H,30,33). The summed E-state index contributed by atoms with van der Waals surface area (Å²) in [7, 11) is 1.63. The van der Waals surface area contributed by atoms with Crippen LogP contribution in [0.2, 0.25) is 0 Å². The van der Waals surface area contributed by atoms with Crippen LogP contribution in [0.3, 0.4) is 0 Å². The van der Waals surface area contributed by atoms with Gasteiger partial charge in [0.25, 0.3) is 0 Å². The number of nitrogens with zero attached hydrogens (tertiary/aromatic N) is 1. The van der Waals surface area contributed by atoms with Gasteiger partial charge in [-0.05, 0) is 34.6 Å². The number of hydrogen-bond donors (Lipinski definition) is 1. The number of amides is 2. The highest BCUT2D eigenvalue weighted by atomic mass is 16.2. The molecule has 172 valence electrons. The number of carbonyl (C=O) groups excluding carboxylic acids is 2. The SMILES string of the molecule is CNC(=O)C(Cc1ccccc1)N(Cc1ccccc1)C(=O)CCc1ccc(C(C)C)cc1. The van der Waals surface area contributed by atoms with E-state index in [4.69, 9.17) is 0 Å². The number of nitrogens with one attached hydrogen (secondary N) is 1. The fourth-order valence-electron chi connectivity index (χ4n) is 3.96. The molecule has 0 aliphatic carbocycles. The van der Waals surface area contributed by atoms with E-state index in [2.05, 4.69) is 43.4 Å². The van der Waals surface area contributed by atoms with E-state index in [0.29, 0.717) is 31.7 Å². The van der Waals surface area contributed by atoms with Gasteiger partial charge in [-0.15, -0.1) is 0 Å². The first-order valence-corrected chi connectivity index (χ1v) is 11.7. The van der Waals surface area contributed by atoms with Crippen LogP contribution in [0.5, 0.6) is 0 Å². The summed E-state index contributed by atoms with van der Waals surface area (Å²) in [6.45, 7) is 4.74. The molecule has 0 saturated heterocycles. The third kappa shape index (κ3) is 7.04. The van der Waals surface area contributed by atoms with Crippen molar-refractivity contribution in [2.75, 3.05) is 7.05 Å². The molecule has 4 nitrogen and oxygen atoms in total. The maximum absolute atomic E-state index is 13.5. The molecule has 0 fully saturated rings. The number of aryl methyl sites for hydroxylation is 1. The van der Waals surface area contributed by atoms with Gasteiger partial charge in [-0.3, -0.25) is 9.59 Å². The molecule has 3 aromatic carbocycles. The fraction of sp³-hybridized carbons (Fsp3) is 0.310. The fourth-order valence-corrected chi connectivity index (χ4v) is 3.96. The summed E-state index contributed by atoms with van der Waals surface area (Å²) in [6.07, 6.45) is 1.48. The maximum Gasteiger partial charge on any atom is 0.242 e. The lowest BCUT2D eigenvalue weighted by Gasteiger charge is -2.31. The third-order valence-corrected chi connectivity index (χ3v) is 5.99. The Morgan fingerprint density at radius 3 is 1.91 bits per heavy atom. The van der Waals surface area contributed by atoms with Gasteiger partial charge in [-0.25, -0.2) is 0 Å². The highest BCUT2D eigenvalue weighted by Crippen LogP contribution is 2.18. The maximum atomic E-state index is 13.5. The molecule has 4 heteroatoms. The first-order valence-electron chi connectivity index (χ1n) is 11.7. The van der Waals surface area contributed by atoms with Crippen LogP contribution in [0.4, 0.5) is 0 Å². The minimum absolute atomic E-state index is 0.0173. The Hall–Kier alpha value is -3.40. The second-order valence-electron chi connectivity index (χ2n) is 8.72. The Morgan fingerprint density at radius 1 is 0.788 bits per heavy atom. The zero-order valence-corrected chi connectivity index (χ0v) is 19.8. The second kappa shape index (κ2) is 12.0. The number of benzene rings is 3. The lowest BCUT2D eigenvalue weighted by atomic mass is 9.99. The summed E-state index contributed by atoms with van der Waals surface area (Å²) in [5.41, 5.74) is 4.46. The second-order valence-corrected chi connectivity index (χ2v) is 8.72. The van der Waals surface area contributed by atoms with Gasteiger partial charge in [0.15, 0.2) is 0 Å². The first kappa shape index (κ1) is 24.2. The van der Waals surface area contributed by atoms with E-state index in [-0.39, 0.29) is 11.8 Å². The molecular weight excluding hydrogens is 408 g/mol. The molecule has 0 bridgehead atoms. The molecule has 0 aliphatic rings. The molecule has 1 unspecified atom stereocenters. The van der Waals surface area contributed by atoms with Crippen molar-refractivity contribution in [3.05, 3.63) is 107 Å². The quantitative estimate of drug-likeness (QED) is 0.473. The van der Waals surface area contributed by atoms with Crippen LogP contribution < -0.4 is 5.32 Å². The van der Waals surface area contributed by atoms with Crippen LogP contribution in [-0.4, -0.2) is 29.8 Å². The van der Waals surface area contributed by atoms with Gasteiger partial charge in [-0.2, -0.15) is 0 Å². The largest absolute Gasteiger partial charge is 0.357 e. The third-order valence-electron chi connectivity index (χ3n) is 5.99. The zero-order chi connectivity index (χ0) is 23.6. The van der Waals surface area contributed by atoms with Gasteiger partial charge in [0.1, 0.15) is 6.04 Å². The van der Waals surface area contributed by atoms with Crippen molar-refractivity contribution in [2.45, 2.75) is 51.6 Å². The molecule has 33 heavy (non-hydrogen) atoms. The molecule has 3 rings (SSSR count). The van der Waals surface area contributed by atoms with Gasteiger partial charge in [0.2, 0.25) is 11.8 Å². The van der Waals surface area contributed by atoms with Gasteiger partial charge in [0, 0.05) is 26.4 Å². The van der Waals surface area contributed by atoms with E-state index in [0.717, 1.165) is 16.7 Å². The molecule has 0 radical (unpaired) electrons. The minimum Gasteiger partial charge on any atom is -0.357 e. The van der Waals surface area contributed by atoms with Crippen molar-refractivity contribution in [3.63, 3.8) is 0 Å². The number of likely N-dealkylation sites (N-methyl/N-ethyl adjacent to an activating group) is 1. The summed E-state index contributed by atoms with van der Waals surface area (Å²) in [6, 6.07) is 27.6. The average Bonchev–Trinajstić information content (AvgIpc) is 2.85. The average molecular weight is 443 g/mol. The molecule has 0 aliphatic heterocycles. The van der Waals surface area contributed by atoms with Gasteiger partial charge >= 0.3 is 0 Å². The van der Waals surface area contributed by atoms with Crippen LogP contribution in [-0.2, 0) is 29.0 Å². The van der Waals surface area contributed by atoms with E-state index in [1.54, 1.807) is 11.9 Å². The molecule has 1 N–H and O–H groups in total. The van der Waals surface area contributed by atoms with Crippen molar-refractivity contribution in [2.24, 2.45) is 0 Å². The monoisotopic (exact) mass is 442 g/mol. The van der Waals surface area contributed by atoms with Crippen molar-refractivity contribution >= 4 is 11.8 Å². The van der Waals surface area contributed by atoms with E-state index in [1.807, 2.05) is 60.7 Å². The van der Waals surface area contributed by atoms with E-state index >= 15 is 0 Å². The summed E-state index contributed by atoms with van der Waals surface area (Å²) >= 11 is 0. The van der Waals surface area contributed by atoms with Crippen LogP contribution >= 0.6 is 0 Å². The van der Waals surface area contributed by atoms with E-state index < -0.39 is 6.04 Å². The topological polar surface area (TPSA) is 49.4 Å². The predicted octanol–water partition coefficient (Wildman–Crippen LogP) is 5.13. The van der Waals surface area contributed by atoms with Crippen LogP contribution in [0.1, 0.15) is 48.4 Å². The summed E-state index contributed by atoms with van der Waals surface area (Å²) in [5, 5.41) is 2.76. The summed E-state index contributed by atoms with van der Waals surface area (Å²) in [5.74, 6) is 0.314. The highest BCUT2D eigenvalue weighted by molar-refractivity contribution is 5.88. The van der Waals surface area contributed by atoms with Crippen LogP contribution in [0.25, 0.3) is 0 Å². The lowest BCUT2D eigenvalue weighted by molar-refractivity contribution is -0.141. The van der Waals surface area contributed by atoms with E-state index in [9.17, 15) is 9.59 Å². The molecule has 2 amide bonds. The molecule has 0 spiro atoms. The van der Waals surface area contributed by atoms with E-state index in [1.165, 1.54) is 5.56 Å². The Bertz CT molecular complexity index is 1010. The van der Waals surface area contributed by atoms with Crippen LogP contribution in [0.15, 0.2) is 84.9 Å². The van der Waals surface area contributed by atoms with Crippen molar-refractivity contribution in [1.29, 1.82) is 0 Å². The number of carbonyl (C=O) groups is 2. The Labute approximate surface area is 197 Å². The number of hydrogen-bond acceptors (Lipinski definition) is 2. The van der Waals surface area contributed by atoms with Crippen molar-refractivity contribution < 1.29 is 9.59 Å². The lowest BCUT2D eigenvalue weighted by Crippen LogP contribution is -2.49. The Balaban J connectivity index is 1.81. The Morgan fingerprint density at radius 2 is 1.36 bits per heavy atom. The van der Waals surface area contributed by atoms with Gasteiger partial charge in [0.05, 0.1) is 0 Å². The molecule has 1 atom stereocenters. The molecule has 0 saturated carbocycles. The normalized spacial score (nSPS) is 11.8. The Kier molecular flexibility index (Phi) is 8.82. The summed E-state index contributed by atoms with van der Waals surface area (Å²) < 4.78 is 0. The minimum atomic E-state index is -0.576. The van der Waals surface area contributed by atoms with Gasteiger partial charge in [-0.1, -0.05) is 98.8 Å². The highest BCUT2D eigenvalue weighted by Gasteiger charge is 2.29. The molecular formula is C29H34N2O2. The number of rotatable bonds is 10. The summed E-state index contributed by atoms with van der Waals surface area (Å²) in [4.78, 5) is 28.2. The predicted molar refractivity (Wildman–Crippen MR) is 134 cm³/mol. The zero-order valence-electron chi connectivity index (χ0n) is 19.8.